The molecule has 1 aliphatic heterocycles. The quantitative estimate of drug-likeness (QED) is 0.637. The van der Waals surface area contributed by atoms with Gasteiger partial charge in [0, 0.05) is 25.3 Å². The summed E-state index contributed by atoms with van der Waals surface area (Å²) in [5.41, 5.74) is 4.00. The number of rotatable bonds is 6. The fraction of sp³-hybridized carbons (Fsp3) is 0.588. The topological polar surface area (TPSA) is 28.2 Å². The van der Waals surface area contributed by atoms with Gasteiger partial charge in [-0.3, -0.25) is 0 Å². The van der Waals surface area contributed by atoms with Crippen molar-refractivity contribution in [1.29, 1.82) is 0 Å². The Labute approximate surface area is 123 Å². The molecule has 1 aliphatic rings. The Morgan fingerprint density at radius 3 is 2.85 bits per heavy atom. The maximum atomic E-state index is 4.81. The fourth-order valence-electron chi connectivity index (χ4n) is 2.59. The summed E-state index contributed by atoms with van der Waals surface area (Å²) in [6, 6.07) is 4.49. The predicted octanol–water partition coefficient (Wildman–Crippen LogP) is 3.30. The fourth-order valence-corrected chi connectivity index (χ4v) is 2.59. The van der Waals surface area contributed by atoms with Gasteiger partial charge < -0.3 is 10.2 Å². The van der Waals surface area contributed by atoms with Gasteiger partial charge in [0.2, 0.25) is 0 Å². The summed E-state index contributed by atoms with van der Waals surface area (Å²) in [7, 11) is 0. The summed E-state index contributed by atoms with van der Waals surface area (Å²) in [5, 5.41) is 3.48. The molecule has 3 nitrogen and oxygen atoms in total. The molecule has 3 heteroatoms. The Kier molecular flexibility index (Phi) is 5.60. The monoisotopic (exact) mass is 273 g/mol. The second-order valence-electron chi connectivity index (χ2n) is 5.62. The average molecular weight is 273 g/mol. The molecule has 0 radical (unpaired) electrons. The lowest BCUT2D eigenvalue weighted by Gasteiger charge is -2.28. The first-order valence-electron chi connectivity index (χ1n) is 7.84. The zero-order chi connectivity index (χ0) is 14.4. The van der Waals surface area contributed by atoms with E-state index in [1.165, 1.54) is 23.3 Å². The molecule has 0 unspecified atom stereocenters. The van der Waals surface area contributed by atoms with Crippen molar-refractivity contribution in [2.24, 2.45) is 0 Å². The Bertz CT molecular complexity index is 465. The Balaban J connectivity index is 2.14. The van der Waals surface area contributed by atoms with Crippen molar-refractivity contribution < 1.29 is 0 Å². The SMILES string of the molecule is CCCNCc1cc(CC)nc(N2CCC=C(C)C2)c1. The minimum absolute atomic E-state index is 0.943. The number of pyridine rings is 1. The van der Waals surface area contributed by atoms with Crippen LogP contribution in [0.5, 0.6) is 0 Å². The molecule has 0 spiro atoms. The van der Waals surface area contributed by atoms with Gasteiger partial charge in [0.05, 0.1) is 0 Å². The molecule has 0 aromatic carbocycles. The van der Waals surface area contributed by atoms with Crippen LogP contribution in [0, 0.1) is 0 Å². The van der Waals surface area contributed by atoms with Gasteiger partial charge >= 0.3 is 0 Å². The van der Waals surface area contributed by atoms with E-state index in [1.54, 1.807) is 0 Å². The molecule has 0 atom stereocenters. The van der Waals surface area contributed by atoms with Gasteiger partial charge in [-0.15, -0.1) is 0 Å². The number of hydrogen-bond acceptors (Lipinski definition) is 3. The number of nitrogens with zero attached hydrogens (tertiary/aromatic N) is 2. The van der Waals surface area contributed by atoms with Gasteiger partial charge in [-0.25, -0.2) is 4.98 Å². The lowest BCUT2D eigenvalue weighted by molar-refractivity contribution is 0.673. The molecule has 20 heavy (non-hydrogen) atoms. The van der Waals surface area contributed by atoms with Crippen LogP contribution in [0.25, 0.3) is 0 Å². The van der Waals surface area contributed by atoms with Gasteiger partial charge in [0.15, 0.2) is 0 Å². The zero-order valence-corrected chi connectivity index (χ0v) is 13.1. The molecule has 0 bridgehead atoms. The van der Waals surface area contributed by atoms with Crippen molar-refractivity contribution in [3.8, 4) is 0 Å². The lowest BCUT2D eigenvalue weighted by atomic mass is 10.1. The van der Waals surface area contributed by atoms with Crippen molar-refractivity contribution in [3.63, 3.8) is 0 Å². The molecular formula is C17H27N3. The van der Waals surface area contributed by atoms with Crippen LogP contribution in [0.3, 0.4) is 0 Å². The zero-order valence-electron chi connectivity index (χ0n) is 13.1. The van der Waals surface area contributed by atoms with Crippen LogP contribution < -0.4 is 10.2 Å². The van der Waals surface area contributed by atoms with Crippen molar-refractivity contribution >= 4 is 5.82 Å². The molecule has 1 aromatic rings. The van der Waals surface area contributed by atoms with Crippen molar-refractivity contribution in [2.45, 2.75) is 46.6 Å². The minimum Gasteiger partial charge on any atom is -0.352 e. The summed E-state index contributed by atoms with van der Waals surface area (Å²) >= 11 is 0. The highest BCUT2D eigenvalue weighted by molar-refractivity contribution is 5.45. The van der Waals surface area contributed by atoms with Crippen molar-refractivity contribution in [1.82, 2.24) is 10.3 Å². The first-order chi connectivity index (χ1) is 9.72. The van der Waals surface area contributed by atoms with Crippen LogP contribution >= 0.6 is 0 Å². The van der Waals surface area contributed by atoms with Crippen LogP contribution in [0.4, 0.5) is 5.82 Å². The van der Waals surface area contributed by atoms with Gasteiger partial charge in [-0.2, -0.15) is 0 Å². The first kappa shape index (κ1) is 15.0. The highest BCUT2D eigenvalue weighted by Gasteiger charge is 2.13. The second-order valence-corrected chi connectivity index (χ2v) is 5.62. The molecule has 0 saturated heterocycles. The summed E-state index contributed by atoms with van der Waals surface area (Å²) < 4.78 is 0. The first-order valence-corrected chi connectivity index (χ1v) is 7.84. The predicted molar refractivity (Wildman–Crippen MR) is 86.2 cm³/mol. The smallest absolute Gasteiger partial charge is 0.129 e. The summed E-state index contributed by atoms with van der Waals surface area (Å²) in [5.74, 6) is 1.14. The molecule has 0 amide bonds. The van der Waals surface area contributed by atoms with Gasteiger partial charge in [-0.05, 0) is 50.4 Å². The van der Waals surface area contributed by atoms with Gasteiger partial charge in [0.1, 0.15) is 5.82 Å². The van der Waals surface area contributed by atoms with Crippen molar-refractivity contribution in [3.05, 3.63) is 35.0 Å². The normalized spacial score (nSPS) is 15.3. The molecule has 2 rings (SSSR count). The van der Waals surface area contributed by atoms with E-state index in [1.807, 2.05) is 0 Å². The average Bonchev–Trinajstić information content (AvgIpc) is 2.47. The number of aromatic nitrogens is 1. The number of anilines is 1. The minimum atomic E-state index is 0.943. The molecule has 0 aliphatic carbocycles. The molecule has 0 saturated carbocycles. The lowest BCUT2D eigenvalue weighted by Crippen LogP contribution is -2.30. The third kappa shape index (κ3) is 4.07. The summed E-state index contributed by atoms with van der Waals surface area (Å²) in [4.78, 5) is 7.21. The van der Waals surface area contributed by atoms with Gasteiger partial charge in [0.25, 0.3) is 0 Å². The van der Waals surface area contributed by atoms with E-state index < -0.39 is 0 Å². The van der Waals surface area contributed by atoms with E-state index in [9.17, 15) is 0 Å². The Morgan fingerprint density at radius 1 is 1.30 bits per heavy atom. The van der Waals surface area contributed by atoms with Crippen LogP contribution in [0.15, 0.2) is 23.8 Å². The number of aryl methyl sites for hydroxylation is 1. The van der Waals surface area contributed by atoms with E-state index >= 15 is 0 Å². The largest absolute Gasteiger partial charge is 0.352 e. The van der Waals surface area contributed by atoms with E-state index in [4.69, 9.17) is 4.98 Å². The molecule has 0 fully saturated rings. The van der Waals surface area contributed by atoms with E-state index in [0.29, 0.717) is 0 Å². The van der Waals surface area contributed by atoms with Crippen LogP contribution in [0.2, 0.25) is 0 Å². The molecule has 1 aromatic heterocycles. The number of nitrogens with one attached hydrogen (secondary N) is 1. The van der Waals surface area contributed by atoms with E-state index in [-0.39, 0.29) is 0 Å². The molecule has 2 heterocycles. The van der Waals surface area contributed by atoms with E-state index in [0.717, 1.165) is 44.8 Å². The highest BCUT2D eigenvalue weighted by atomic mass is 15.2. The van der Waals surface area contributed by atoms with Gasteiger partial charge in [-0.1, -0.05) is 25.5 Å². The van der Waals surface area contributed by atoms with Crippen LogP contribution in [-0.2, 0) is 13.0 Å². The number of hydrogen-bond donors (Lipinski definition) is 1. The maximum Gasteiger partial charge on any atom is 0.129 e. The molecule has 110 valence electrons. The van der Waals surface area contributed by atoms with Crippen molar-refractivity contribution in [2.75, 3.05) is 24.5 Å². The van der Waals surface area contributed by atoms with Crippen LogP contribution in [-0.4, -0.2) is 24.6 Å². The Morgan fingerprint density at radius 2 is 2.15 bits per heavy atom. The van der Waals surface area contributed by atoms with Crippen LogP contribution in [0.1, 0.15) is 44.9 Å². The summed E-state index contributed by atoms with van der Waals surface area (Å²) in [6.07, 6.45) is 5.64. The maximum absolute atomic E-state index is 4.81. The third-order valence-electron chi connectivity index (χ3n) is 3.70. The summed E-state index contributed by atoms with van der Waals surface area (Å²) in [6.45, 7) is 10.7. The van der Waals surface area contributed by atoms with E-state index in [2.05, 4.69) is 49.2 Å². The standard InChI is InChI=1S/C17H27N3/c1-4-8-18-12-15-10-16(5-2)19-17(11-15)20-9-6-7-14(3)13-20/h7,10-11,18H,4-6,8-9,12-13H2,1-3H3. The molecular weight excluding hydrogens is 246 g/mol. The molecule has 1 N–H and O–H groups in total. The third-order valence-corrected chi connectivity index (χ3v) is 3.70. The Hall–Kier alpha value is -1.35. The second kappa shape index (κ2) is 7.44. The highest BCUT2D eigenvalue weighted by Crippen LogP contribution is 2.20.